The lowest BCUT2D eigenvalue weighted by Gasteiger charge is -2.17. The van der Waals surface area contributed by atoms with Crippen LogP contribution in [0.2, 0.25) is 0 Å². The quantitative estimate of drug-likeness (QED) is 0.626. The predicted molar refractivity (Wildman–Crippen MR) is 105 cm³/mol. The van der Waals surface area contributed by atoms with Crippen LogP contribution >= 0.6 is 11.3 Å². The molecular weight excluding hydrogens is 368 g/mol. The van der Waals surface area contributed by atoms with E-state index in [-0.39, 0.29) is 6.61 Å². The number of esters is 1. The van der Waals surface area contributed by atoms with E-state index in [0.717, 1.165) is 6.42 Å². The number of aryl methyl sites for hydroxylation is 1. The van der Waals surface area contributed by atoms with Crippen LogP contribution in [0.15, 0.2) is 0 Å². The monoisotopic (exact) mass is 394 g/mol. The molecule has 8 nitrogen and oxygen atoms in total. The second-order valence-corrected chi connectivity index (χ2v) is 7.51. The Morgan fingerprint density at radius 3 is 2.56 bits per heavy atom. The number of aromatic nitrogens is 2. The van der Waals surface area contributed by atoms with Crippen LogP contribution in [0, 0.1) is 6.92 Å². The van der Waals surface area contributed by atoms with Gasteiger partial charge < -0.3 is 20.1 Å². The Hall–Kier alpha value is -2.26. The van der Waals surface area contributed by atoms with Crippen molar-refractivity contribution in [2.45, 2.75) is 46.2 Å². The molecule has 0 spiro atoms. The average Bonchev–Trinajstić information content (AvgIpc) is 2.91. The number of thiophene rings is 1. The van der Waals surface area contributed by atoms with E-state index in [4.69, 9.17) is 4.74 Å². The molecule has 2 rings (SSSR count). The van der Waals surface area contributed by atoms with Gasteiger partial charge in [-0.2, -0.15) is 0 Å². The summed E-state index contributed by atoms with van der Waals surface area (Å²) in [5.41, 5.74) is 0.702. The van der Waals surface area contributed by atoms with Crippen LogP contribution < -0.4 is 5.32 Å². The minimum Gasteiger partial charge on any atom is -0.480 e. The zero-order chi connectivity index (χ0) is 20.1. The van der Waals surface area contributed by atoms with Crippen molar-refractivity contribution >= 4 is 39.3 Å². The molecule has 148 valence electrons. The number of carbonyl (C=O) groups excluding carboxylic acids is 1. The molecule has 0 aliphatic rings. The molecule has 1 unspecified atom stereocenters. The maximum atomic E-state index is 12.3. The SMILES string of the molecule is CCCC(Nc1nc(CN(C)C)nc2sc(C(=O)OCC)c(C)c12)C(=O)O. The number of ether oxygens (including phenoxy) is 1. The van der Waals surface area contributed by atoms with E-state index >= 15 is 0 Å². The van der Waals surface area contributed by atoms with E-state index in [1.807, 2.05) is 25.9 Å². The maximum absolute atomic E-state index is 12.3. The Morgan fingerprint density at radius 1 is 1.30 bits per heavy atom. The number of aliphatic carboxylic acids is 1. The molecule has 0 amide bonds. The number of anilines is 1. The molecule has 0 radical (unpaired) electrons. The largest absolute Gasteiger partial charge is 0.480 e. The molecule has 2 N–H and O–H groups in total. The zero-order valence-corrected chi connectivity index (χ0v) is 17.1. The lowest BCUT2D eigenvalue weighted by atomic mass is 10.1. The van der Waals surface area contributed by atoms with Gasteiger partial charge in [0, 0.05) is 0 Å². The third-order valence-corrected chi connectivity index (χ3v) is 5.11. The molecule has 9 heteroatoms. The molecule has 1 atom stereocenters. The normalized spacial score (nSPS) is 12.4. The fourth-order valence-corrected chi connectivity index (χ4v) is 3.84. The van der Waals surface area contributed by atoms with Gasteiger partial charge in [0.1, 0.15) is 27.4 Å². The Labute approximate surface area is 162 Å². The van der Waals surface area contributed by atoms with Gasteiger partial charge in [-0.1, -0.05) is 13.3 Å². The summed E-state index contributed by atoms with van der Waals surface area (Å²) < 4.78 is 5.13. The van der Waals surface area contributed by atoms with Crippen LogP contribution in [0.3, 0.4) is 0 Å². The molecule has 27 heavy (non-hydrogen) atoms. The average molecular weight is 394 g/mol. The number of fused-ring (bicyclic) bond motifs is 1. The summed E-state index contributed by atoms with van der Waals surface area (Å²) in [7, 11) is 3.81. The molecule has 0 bridgehead atoms. The first-order valence-corrected chi connectivity index (χ1v) is 9.71. The van der Waals surface area contributed by atoms with E-state index in [0.29, 0.717) is 45.3 Å². The Kier molecular flexibility index (Phi) is 7.09. The molecule has 0 saturated heterocycles. The number of nitrogens with one attached hydrogen (secondary N) is 1. The first-order valence-electron chi connectivity index (χ1n) is 8.89. The topological polar surface area (TPSA) is 105 Å². The van der Waals surface area contributed by atoms with Gasteiger partial charge in [-0.15, -0.1) is 11.3 Å². The van der Waals surface area contributed by atoms with E-state index in [1.54, 1.807) is 13.8 Å². The summed E-state index contributed by atoms with van der Waals surface area (Å²) >= 11 is 1.24. The van der Waals surface area contributed by atoms with Crippen LogP contribution in [-0.2, 0) is 16.1 Å². The van der Waals surface area contributed by atoms with Gasteiger partial charge in [-0.25, -0.2) is 19.6 Å². The Bertz CT molecular complexity index is 834. The van der Waals surface area contributed by atoms with Gasteiger partial charge in [0.25, 0.3) is 0 Å². The third kappa shape index (κ3) is 4.92. The van der Waals surface area contributed by atoms with Crippen LogP contribution in [0.1, 0.15) is 47.7 Å². The second-order valence-electron chi connectivity index (χ2n) is 6.51. The van der Waals surface area contributed by atoms with Crippen LogP contribution in [-0.4, -0.2) is 58.7 Å². The maximum Gasteiger partial charge on any atom is 0.348 e. The fraction of sp³-hybridized carbons (Fsp3) is 0.556. The molecule has 2 heterocycles. The highest BCUT2D eigenvalue weighted by atomic mass is 32.1. The van der Waals surface area contributed by atoms with Gasteiger partial charge in [-0.3, -0.25) is 0 Å². The van der Waals surface area contributed by atoms with Crippen LogP contribution in [0.25, 0.3) is 10.2 Å². The van der Waals surface area contributed by atoms with E-state index < -0.39 is 18.0 Å². The number of hydrogen-bond acceptors (Lipinski definition) is 8. The molecule has 0 aliphatic heterocycles. The zero-order valence-electron chi connectivity index (χ0n) is 16.3. The van der Waals surface area contributed by atoms with E-state index in [2.05, 4.69) is 15.3 Å². The smallest absolute Gasteiger partial charge is 0.348 e. The minimum atomic E-state index is -0.934. The van der Waals surface area contributed by atoms with Gasteiger partial charge >= 0.3 is 11.9 Å². The van der Waals surface area contributed by atoms with Crippen molar-refractivity contribution in [3.8, 4) is 0 Å². The van der Waals surface area contributed by atoms with Crippen molar-refractivity contribution in [2.24, 2.45) is 0 Å². The number of carboxylic acid groups (broad SMARTS) is 1. The van der Waals surface area contributed by atoms with Crippen molar-refractivity contribution < 1.29 is 19.4 Å². The summed E-state index contributed by atoms with van der Waals surface area (Å²) in [6.45, 7) is 6.28. The van der Waals surface area contributed by atoms with Gasteiger partial charge in [0.05, 0.1) is 18.5 Å². The number of hydrogen-bond donors (Lipinski definition) is 2. The van der Waals surface area contributed by atoms with E-state index in [1.165, 1.54) is 11.3 Å². The first kappa shape index (κ1) is 21.0. The minimum absolute atomic E-state index is 0.284. The van der Waals surface area contributed by atoms with Gasteiger partial charge in [0.15, 0.2) is 0 Å². The van der Waals surface area contributed by atoms with Crippen molar-refractivity contribution in [2.75, 3.05) is 26.0 Å². The summed E-state index contributed by atoms with van der Waals surface area (Å²) in [5, 5.41) is 13.2. The molecule has 2 aromatic heterocycles. The van der Waals surface area contributed by atoms with E-state index in [9.17, 15) is 14.7 Å². The fourth-order valence-electron chi connectivity index (χ4n) is 2.74. The standard InChI is InChI=1S/C18H26N4O4S/c1-6-8-11(17(23)24)19-15-13-10(3)14(18(25)26-7-2)27-16(13)21-12(20-15)9-22(4)5/h11H,6-9H2,1-5H3,(H,23,24)(H,19,20,21). The summed E-state index contributed by atoms with van der Waals surface area (Å²) in [6.07, 6.45) is 1.19. The molecule has 0 saturated carbocycles. The number of carbonyl (C=O) groups is 2. The molecular formula is C18H26N4O4S. The highest BCUT2D eigenvalue weighted by molar-refractivity contribution is 7.20. The summed E-state index contributed by atoms with van der Waals surface area (Å²) in [6, 6.07) is -0.759. The highest BCUT2D eigenvalue weighted by Crippen LogP contribution is 2.35. The number of nitrogens with zero attached hydrogens (tertiary/aromatic N) is 3. The van der Waals surface area contributed by atoms with Crippen LogP contribution in [0.5, 0.6) is 0 Å². The summed E-state index contributed by atoms with van der Waals surface area (Å²) in [5.74, 6) is -0.327. The predicted octanol–water partition coefficient (Wildman–Crippen LogP) is 2.90. The van der Waals surface area contributed by atoms with Gasteiger partial charge in [-0.05, 0) is 39.9 Å². The highest BCUT2D eigenvalue weighted by Gasteiger charge is 2.24. The second kappa shape index (κ2) is 9.09. The van der Waals surface area contributed by atoms with Crippen LogP contribution in [0.4, 0.5) is 5.82 Å². The molecule has 0 aromatic carbocycles. The van der Waals surface area contributed by atoms with Crippen molar-refractivity contribution in [3.05, 3.63) is 16.3 Å². The van der Waals surface area contributed by atoms with Crippen molar-refractivity contribution in [1.29, 1.82) is 0 Å². The molecule has 0 fully saturated rings. The first-order chi connectivity index (χ1) is 12.8. The summed E-state index contributed by atoms with van der Waals surface area (Å²) in [4.78, 5) is 36.0. The Morgan fingerprint density at radius 2 is 2.00 bits per heavy atom. The van der Waals surface area contributed by atoms with Gasteiger partial charge in [0.2, 0.25) is 0 Å². The van der Waals surface area contributed by atoms with Crippen molar-refractivity contribution in [3.63, 3.8) is 0 Å². The lowest BCUT2D eigenvalue weighted by Crippen LogP contribution is -2.30. The Balaban J connectivity index is 2.59. The lowest BCUT2D eigenvalue weighted by molar-refractivity contribution is -0.138. The number of carboxylic acids is 1. The third-order valence-electron chi connectivity index (χ3n) is 3.94. The molecule has 2 aromatic rings. The number of rotatable bonds is 9. The van der Waals surface area contributed by atoms with Crippen molar-refractivity contribution in [1.82, 2.24) is 14.9 Å². The molecule has 0 aliphatic carbocycles.